The van der Waals surface area contributed by atoms with Crippen LogP contribution < -0.4 is 11.1 Å². The smallest absolute Gasteiger partial charge is 0.337 e. The van der Waals surface area contributed by atoms with Gasteiger partial charge in [0.1, 0.15) is 0 Å². The van der Waals surface area contributed by atoms with E-state index in [0.29, 0.717) is 18.6 Å². The Labute approximate surface area is 114 Å². The predicted octanol–water partition coefficient (Wildman–Crippen LogP) is 2.12. The number of hydrogen-bond donors (Lipinski definition) is 3. The zero-order valence-corrected chi connectivity index (χ0v) is 11.0. The number of aromatic carboxylic acids is 1. The summed E-state index contributed by atoms with van der Waals surface area (Å²) >= 11 is 0. The molecule has 0 fully saturated rings. The molecule has 1 unspecified atom stereocenters. The lowest BCUT2D eigenvalue weighted by Crippen LogP contribution is -2.27. The standard InChI is InChI=1S/C13H16F2N2O3/c1-2-3-7(16)4-12(18)17-11-6-10(15)9(14)5-8(11)13(19)20/h5-7H,2-4,16H2,1H3,(H,17,18)(H,19,20). The van der Waals surface area contributed by atoms with Crippen LogP contribution in [0.25, 0.3) is 0 Å². The van der Waals surface area contributed by atoms with E-state index in [1.807, 2.05) is 6.92 Å². The molecule has 7 heteroatoms. The molecule has 0 heterocycles. The molecule has 4 N–H and O–H groups in total. The van der Waals surface area contributed by atoms with Crippen molar-refractivity contribution in [2.75, 3.05) is 5.32 Å². The van der Waals surface area contributed by atoms with Crippen molar-refractivity contribution in [3.63, 3.8) is 0 Å². The molecule has 1 atom stereocenters. The van der Waals surface area contributed by atoms with Gasteiger partial charge in [-0.2, -0.15) is 0 Å². The minimum Gasteiger partial charge on any atom is -0.478 e. The van der Waals surface area contributed by atoms with Gasteiger partial charge in [-0.1, -0.05) is 13.3 Å². The molecular weight excluding hydrogens is 270 g/mol. The number of carbonyl (C=O) groups is 2. The highest BCUT2D eigenvalue weighted by Gasteiger charge is 2.18. The van der Waals surface area contributed by atoms with Gasteiger partial charge in [-0.25, -0.2) is 13.6 Å². The van der Waals surface area contributed by atoms with Gasteiger partial charge in [-0.15, -0.1) is 0 Å². The number of halogens is 2. The Balaban J connectivity index is 2.88. The van der Waals surface area contributed by atoms with E-state index in [0.717, 1.165) is 6.42 Å². The number of carboxylic acids is 1. The van der Waals surface area contributed by atoms with E-state index in [-0.39, 0.29) is 18.2 Å². The first-order chi connectivity index (χ1) is 9.35. The van der Waals surface area contributed by atoms with Crippen LogP contribution in [0.1, 0.15) is 36.5 Å². The largest absolute Gasteiger partial charge is 0.478 e. The number of hydrogen-bond acceptors (Lipinski definition) is 3. The number of anilines is 1. The lowest BCUT2D eigenvalue weighted by atomic mass is 10.1. The molecule has 1 aromatic carbocycles. The summed E-state index contributed by atoms with van der Waals surface area (Å²) in [5.74, 6) is -4.53. The first-order valence-electron chi connectivity index (χ1n) is 6.13. The molecule has 0 saturated carbocycles. The van der Waals surface area contributed by atoms with Gasteiger partial charge in [0, 0.05) is 18.5 Å². The van der Waals surface area contributed by atoms with Gasteiger partial charge in [0.25, 0.3) is 0 Å². The first-order valence-corrected chi connectivity index (χ1v) is 6.13. The lowest BCUT2D eigenvalue weighted by Gasteiger charge is -2.12. The van der Waals surface area contributed by atoms with Crippen LogP contribution in [0, 0.1) is 11.6 Å². The fourth-order valence-electron chi connectivity index (χ4n) is 1.74. The van der Waals surface area contributed by atoms with Crippen LogP contribution >= 0.6 is 0 Å². The van der Waals surface area contributed by atoms with Crippen LogP contribution in [0.15, 0.2) is 12.1 Å². The number of rotatable bonds is 6. The summed E-state index contributed by atoms with van der Waals surface area (Å²) in [7, 11) is 0. The SMILES string of the molecule is CCCC(N)CC(=O)Nc1cc(F)c(F)cc1C(=O)O. The molecule has 0 aromatic heterocycles. The second kappa shape index (κ2) is 6.95. The van der Waals surface area contributed by atoms with Crippen molar-refractivity contribution < 1.29 is 23.5 Å². The van der Waals surface area contributed by atoms with Gasteiger partial charge in [0.05, 0.1) is 11.3 Å². The van der Waals surface area contributed by atoms with E-state index in [2.05, 4.69) is 5.32 Å². The molecule has 5 nitrogen and oxygen atoms in total. The Morgan fingerprint density at radius 1 is 1.35 bits per heavy atom. The second-order valence-corrected chi connectivity index (χ2v) is 4.42. The van der Waals surface area contributed by atoms with E-state index in [1.165, 1.54) is 0 Å². The zero-order chi connectivity index (χ0) is 15.3. The highest BCUT2D eigenvalue weighted by Crippen LogP contribution is 2.20. The third-order valence-corrected chi connectivity index (χ3v) is 2.67. The number of carbonyl (C=O) groups excluding carboxylic acids is 1. The molecule has 0 bridgehead atoms. The van der Waals surface area contributed by atoms with Crippen LogP contribution in [0.5, 0.6) is 0 Å². The van der Waals surface area contributed by atoms with Crippen LogP contribution in [0.4, 0.5) is 14.5 Å². The Kier molecular flexibility index (Phi) is 5.57. The summed E-state index contributed by atoms with van der Waals surface area (Å²) < 4.78 is 26.1. The molecule has 0 aliphatic carbocycles. The number of carboxylic acid groups (broad SMARTS) is 1. The molecule has 0 radical (unpaired) electrons. The Morgan fingerprint density at radius 3 is 2.50 bits per heavy atom. The molecule has 0 aliphatic rings. The highest BCUT2D eigenvalue weighted by molar-refractivity contribution is 6.00. The van der Waals surface area contributed by atoms with Crippen molar-refractivity contribution in [3.05, 3.63) is 29.3 Å². The van der Waals surface area contributed by atoms with Crippen LogP contribution in [0.3, 0.4) is 0 Å². The van der Waals surface area contributed by atoms with Crippen molar-refractivity contribution in [1.82, 2.24) is 0 Å². The average molecular weight is 286 g/mol. The van der Waals surface area contributed by atoms with Crippen molar-refractivity contribution >= 4 is 17.6 Å². The summed E-state index contributed by atoms with van der Waals surface area (Å²) in [6.07, 6.45) is 1.42. The number of nitrogens with two attached hydrogens (primary N) is 1. The highest BCUT2D eigenvalue weighted by atomic mass is 19.2. The van der Waals surface area contributed by atoms with Crippen molar-refractivity contribution in [1.29, 1.82) is 0 Å². The van der Waals surface area contributed by atoms with Crippen molar-refractivity contribution in [2.45, 2.75) is 32.2 Å². The topological polar surface area (TPSA) is 92.4 Å². The van der Waals surface area contributed by atoms with Crippen LogP contribution in [-0.2, 0) is 4.79 Å². The van der Waals surface area contributed by atoms with Crippen LogP contribution in [0.2, 0.25) is 0 Å². The third kappa shape index (κ3) is 4.27. The Morgan fingerprint density at radius 2 is 1.95 bits per heavy atom. The van der Waals surface area contributed by atoms with Gasteiger partial charge in [-0.05, 0) is 12.5 Å². The molecule has 0 aliphatic heterocycles. The summed E-state index contributed by atoms with van der Waals surface area (Å²) in [5, 5.41) is 11.1. The number of benzene rings is 1. The second-order valence-electron chi connectivity index (χ2n) is 4.42. The van der Waals surface area contributed by atoms with Gasteiger partial charge < -0.3 is 16.2 Å². The van der Waals surface area contributed by atoms with Gasteiger partial charge in [-0.3, -0.25) is 4.79 Å². The van der Waals surface area contributed by atoms with E-state index >= 15 is 0 Å². The van der Waals surface area contributed by atoms with Crippen LogP contribution in [-0.4, -0.2) is 23.0 Å². The first kappa shape index (κ1) is 16.0. The molecule has 110 valence electrons. The molecule has 0 saturated heterocycles. The maximum absolute atomic E-state index is 13.1. The number of nitrogens with one attached hydrogen (secondary N) is 1. The monoisotopic (exact) mass is 286 g/mol. The third-order valence-electron chi connectivity index (χ3n) is 2.67. The van der Waals surface area contributed by atoms with Crippen molar-refractivity contribution in [3.8, 4) is 0 Å². The molecule has 1 aromatic rings. The van der Waals surface area contributed by atoms with Crippen molar-refractivity contribution in [2.24, 2.45) is 5.73 Å². The lowest BCUT2D eigenvalue weighted by molar-refractivity contribution is -0.116. The van der Waals surface area contributed by atoms with Gasteiger partial charge >= 0.3 is 5.97 Å². The summed E-state index contributed by atoms with van der Waals surface area (Å²) in [6.45, 7) is 1.91. The summed E-state index contributed by atoms with van der Waals surface area (Å²) in [5.41, 5.74) is 4.88. The molecule has 0 spiro atoms. The maximum Gasteiger partial charge on any atom is 0.337 e. The zero-order valence-electron chi connectivity index (χ0n) is 11.0. The minimum absolute atomic E-state index is 0.0219. The van der Waals surface area contributed by atoms with E-state index in [9.17, 15) is 18.4 Å². The van der Waals surface area contributed by atoms with E-state index in [4.69, 9.17) is 10.8 Å². The van der Waals surface area contributed by atoms with Gasteiger partial charge in [0.15, 0.2) is 11.6 Å². The fraction of sp³-hybridized carbons (Fsp3) is 0.385. The summed E-state index contributed by atoms with van der Waals surface area (Å²) in [4.78, 5) is 22.6. The van der Waals surface area contributed by atoms with E-state index in [1.54, 1.807) is 0 Å². The normalized spacial score (nSPS) is 12.0. The van der Waals surface area contributed by atoms with Gasteiger partial charge in [0.2, 0.25) is 5.91 Å². The molecule has 1 amide bonds. The number of amides is 1. The quantitative estimate of drug-likeness (QED) is 0.746. The Bertz CT molecular complexity index is 521. The average Bonchev–Trinajstić information content (AvgIpc) is 2.33. The maximum atomic E-state index is 13.1. The Hall–Kier alpha value is -2.02. The minimum atomic E-state index is -1.46. The predicted molar refractivity (Wildman–Crippen MR) is 69.4 cm³/mol. The fourth-order valence-corrected chi connectivity index (χ4v) is 1.74. The summed E-state index contributed by atoms with van der Waals surface area (Å²) in [6, 6.07) is 0.806. The van der Waals surface area contributed by atoms with E-state index < -0.39 is 29.1 Å². The molecule has 20 heavy (non-hydrogen) atoms. The molecular formula is C13H16F2N2O3. The molecule has 1 rings (SSSR count).